The fourth-order valence-corrected chi connectivity index (χ4v) is 2.20. The molecule has 27 heavy (non-hydrogen) atoms. The Kier molecular flexibility index (Phi) is 6.54. The number of nitrogens with one attached hydrogen (secondary N) is 2. The van der Waals surface area contributed by atoms with Crippen LogP contribution in [0, 0.1) is 5.92 Å². The number of nitrogens with zero attached hydrogens (tertiary/aromatic N) is 3. The molecule has 0 aliphatic carbocycles. The molecule has 0 aliphatic heterocycles. The van der Waals surface area contributed by atoms with Gasteiger partial charge in [-0.15, -0.1) is 0 Å². The van der Waals surface area contributed by atoms with Crippen LogP contribution in [0.25, 0.3) is 11.4 Å². The number of hydrogen-bond acceptors (Lipinski definition) is 6. The third-order valence-corrected chi connectivity index (χ3v) is 3.57. The first-order chi connectivity index (χ1) is 12.7. The molecule has 146 valence electrons. The van der Waals surface area contributed by atoms with Crippen LogP contribution in [0.2, 0.25) is 0 Å². The van der Waals surface area contributed by atoms with E-state index in [0.29, 0.717) is 23.1 Å². The second-order valence-corrected chi connectivity index (χ2v) is 6.05. The first kappa shape index (κ1) is 20.4. The molecule has 0 saturated carbocycles. The van der Waals surface area contributed by atoms with E-state index in [1.807, 2.05) is 5.32 Å². The molecule has 0 unspecified atom stereocenters. The van der Waals surface area contributed by atoms with Gasteiger partial charge in [0.05, 0.1) is 7.11 Å². The topological polar surface area (TPSA) is 89.0 Å². The Labute approximate surface area is 154 Å². The van der Waals surface area contributed by atoms with E-state index >= 15 is 0 Å². The molecule has 0 radical (unpaired) electrons. The van der Waals surface area contributed by atoms with E-state index in [1.54, 1.807) is 26.0 Å². The van der Waals surface area contributed by atoms with Gasteiger partial charge in [-0.1, -0.05) is 13.8 Å². The highest BCUT2D eigenvalue weighted by Crippen LogP contribution is 2.19. The molecule has 1 amide bonds. The standard InChI is InChI=1S/C17H20F3N5O2/c1-10(2)14(16(26)23-9-17(18,19)20)24-12-6-7-21-15(25-12)11-4-5-13(27-3)22-8-11/h4-8,10,14H,9H2,1-3H3,(H,23,26)(H,21,24,25)/t14-/m1/s1. The van der Waals surface area contributed by atoms with Gasteiger partial charge in [-0.05, 0) is 18.1 Å². The average molecular weight is 383 g/mol. The number of ether oxygens (including phenoxy) is 1. The second-order valence-electron chi connectivity index (χ2n) is 6.05. The van der Waals surface area contributed by atoms with Crippen LogP contribution >= 0.6 is 0 Å². The van der Waals surface area contributed by atoms with Gasteiger partial charge in [0, 0.05) is 24.0 Å². The summed E-state index contributed by atoms with van der Waals surface area (Å²) in [5, 5.41) is 4.76. The number of halogens is 3. The third-order valence-electron chi connectivity index (χ3n) is 3.57. The van der Waals surface area contributed by atoms with Gasteiger partial charge in [-0.25, -0.2) is 15.0 Å². The summed E-state index contributed by atoms with van der Waals surface area (Å²) in [6.45, 7) is 2.06. The number of rotatable bonds is 7. The lowest BCUT2D eigenvalue weighted by Gasteiger charge is -2.22. The molecule has 2 aromatic rings. The van der Waals surface area contributed by atoms with Crippen LogP contribution in [0.5, 0.6) is 5.88 Å². The van der Waals surface area contributed by atoms with Gasteiger partial charge in [-0.3, -0.25) is 4.79 Å². The summed E-state index contributed by atoms with van der Waals surface area (Å²) in [7, 11) is 1.50. The highest BCUT2D eigenvalue weighted by Gasteiger charge is 2.30. The van der Waals surface area contributed by atoms with E-state index in [4.69, 9.17) is 4.74 Å². The number of carbonyl (C=O) groups is 1. The van der Waals surface area contributed by atoms with Crippen LogP contribution in [0.4, 0.5) is 19.0 Å². The second kappa shape index (κ2) is 8.65. The number of alkyl halides is 3. The number of hydrogen-bond donors (Lipinski definition) is 2. The molecule has 0 aromatic carbocycles. The quantitative estimate of drug-likeness (QED) is 0.764. The summed E-state index contributed by atoms with van der Waals surface area (Å²) in [6, 6.07) is 4.03. The van der Waals surface area contributed by atoms with Crippen LogP contribution in [-0.2, 0) is 4.79 Å². The molecule has 2 heterocycles. The third kappa shape index (κ3) is 6.08. The van der Waals surface area contributed by atoms with Gasteiger partial charge in [0.1, 0.15) is 18.4 Å². The highest BCUT2D eigenvalue weighted by atomic mass is 19.4. The number of aromatic nitrogens is 3. The predicted octanol–water partition coefficient (Wildman–Crippen LogP) is 2.66. The van der Waals surface area contributed by atoms with Gasteiger partial charge in [-0.2, -0.15) is 13.2 Å². The minimum absolute atomic E-state index is 0.265. The Balaban J connectivity index is 2.14. The molecule has 0 saturated heterocycles. The van der Waals surface area contributed by atoms with E-state index in [0.717, 1.165) is 0 Å². The zero-order valence-corrected chi connectivity index (χ0v) is 15.0. The summed E-state index contributed by atoms with van der Waals surface area (Å²) in [4.78, 5) is 24.7. The largest absolute Gasteiger partial charge is 0.481 e. The van der Waals surface area contributed by atoms with Crippen molar-refractivity contribution in [3.63, 3.8) is 0 Å². The van der Waals surface area contributed by atoms with E-state index < -0.39 is 24.7 Å². The Morgan fingerprint density at radius 3 is 2.52 bits per heavy atom. The maximum Gasteiger partial charge on any atom is 0.405 e. The normalized spacial score (nSPS) is 12.6. The number of amides is 1. The van der Waals surface area contributed by atoms with Crippen LogP contribution in [-0.4, -0.2) is 46.7 Å². The molecule has 1 atom stereocenters. The maximum atomic E-state index is 12.3. The average Bonchev–Trinajstić information content (AvgIpc) is 2.63. The van der Waals surface area contributed by atoms with Crippen molar-refractivity contribution in [1.29, 1.82) is 0 Å². The van der Waals surface area contributed by atoms with Crippen molar-refractivity contribution in [2.45, 2.75) is 26.1 Å². The van der Waals surface area contributed by atoms with Crippen molar-refractivity contribution in [1.82, 2.24) is 20.3 Å². The summed E-state index contributed by atoms with van der Waals surface area (Å²) in [6.07, 6.45) is -1.45. The lowest BCUT2D eigenvalue weighted by Crippen LogP contribution is -2.46. The Morgan fingerprint density at radius 2 is 1.96 bits per heavy atom. The van der Waals surface area contributed by atoms with E-state index in [2.05, 4.69) is 20.3 Å². The number of anilines is 1. The lowest BCUT2D eigenvalue weighted by molar-refractivity contribution is -0.139. The summed E-state index contributed by atoms with van der Waals surface area (Å²) >= 11 is 0. The predicted molar refractivity (Wildman–Crippen MR) is 93.1 cm³/mol. The molecule has 2 rings (SSSR count). The summed E-state index contributed by atoms with van der Waals surface area (Å²) in [5.41, 5.74) is 0.627. The Hall–Kier alpha value is -2.91. The monoisotopic (exact) mass is 383 g/mol. The van der Waals surface area contributed by atoms with Gasteiger partial charge in [0.2, 0.25) is 11.8 Å². The molecule has 10 heteroatoms. The molecule has 0 fully saturated rings. The Morgan fingerprint density at radius 1 is 1.22 bits per heavy atom. The smallest absolute Gasteiger partial charge is 0.405 e. The van der Waals surface area contributed by atoms with Gasteiger partial charge < -0.3 is 15.4 Å². The number of methoxy groups -OCH3 is 1. The summed E-state index contributed by atoms with van der Waals surface area (Å²) < 4.78 is 42.0. The van der Waals surface area contributed by atoms with Crippen LogP contribution in [0.15, 0.2) is 30.6 Å². The van der Waals surface area contributed by atoms with Crippen molar-refractivity contribution < 1.29 is 22.7 Å². The maximum absolute atomic E-state index is 12.3. The van der Waals surface area contributed by atoms with Gasteiger partial charge in [0.25, 0.3) is 0 Å². The molecule has 7 nitrogen and oxygen atoms in total. The van der Waals surface area contributed by atoms with E-state index in [9.17, 15) is 18.0 Å². The molecule has 0 spiro atoms. The zero-order valence-electron chi connectivity index (χ0n) is 15.0. The fraction of sp³-hybridized carbons (Fsp3) is 0.412. The van der Waals surface area contributed by atoms with Crippen molar-refractivity contribution in [3.8, 4) is 17.3 Å². The first-order valence-corrected chi connectivity index (χ1v) is 8.14. The van der Waals surface area contributed by atoms with Gasteiger partial charge in [0.15, 0.2) is 5.82 Å². The van der Waals surface area contributed by atoms with Crippen LogP contribution in [0.3, 0.4) is 0 Å². The summed E-state index contributed by atoms with van der Waals surface area (Å²) in [5.74, 6) is 0.0900. The molecule has 2 aromatic heterocycles. The zero-order chi connectivity index (χ0) is 20.0. The van der Waals surface area contributed by atoms with Crippen molar-refractivity contribution in [2.24, 2.45) is 5.92 Å². The van der Waals surface area contributed by atoms with Crippen molar-refractivity contribution >= 4 is 11.7 Å². The molecular weight excluding hydrogens is 363 g/mol. The molecular formula is C17H20F3N5O2. The van der Waals surface area contributed by atoms with Crippen molar-refractivity contribution in [3.05, 3.63) is 30.6 Å². The first-order valence-electron chi connectivity index (χ1n) is 8.14. The van der Waals surface area contributed by atoms with E-state index in [1.165, 1.54) is 25.6 Å². The molecule has 2 N–H and O–H groups in total. The SMILES string of the molecule is COc1ccc(-c2nccc(N[C@@H](C(=O)NCC(F)(F)F)C(C)C)n2)cn1. The lowest BCUT2D eigenvalue weighted by atomic mass is 10.0. The fourth-order valence-electron chi connectivity index (χ4n) is 2.20. The van der Waals surface area contributed by atoms with Crippen molar-refractivity contribution in [2.75, 3.05) is 19.0 Å². The Bertz CT molecular complexity index is 766. The minimum atomic E-state index is -4.47. The molecule has 0 bridgehead atoms. The number of pyridine rings is 1. The molecule has 0 aliphatic rings. The highest BCUT2D eigenvalue weighted by molar-refractivity contribution is 5.84. The minimum Gasteiger partial charge on any atom is -0.481 e. The van der Waals surface area contributed by atoms with Crippen LogP contribution < -0.4 is 15.4 Å². The van der Waals surface area contributed by atoms with Crippen LogP contribution in [0.1, 0.15) is 13.8 Å². The number of carbonyl (C=O) groups excluding carboxylic acids is 1. The van der Waals surface area contributed by atoms with Gasteiger partial charge >= 0.3 is 6.18 Å². The van der Waals surface area contributed by atoms with E-state index in [-0.39, 0.29) is 5.92 Å².